The molecule has 0 bridgehead atoms. The van der Waals surface area contributed by atoms with Crippen molar-refractivity contribution in [3.8, 4) is 11.8 Å². The minimum absolute atomic E-state index is 0.0516. The zero-order valence-corrected chi connectivity index (χ0v) is 10.5. The van der Waals surface area contributed by atoms with Crippen LogP contribution < -0.4 is 10.1 Å². The number of nitrogens with one attached hydrogen (secondary N) is 1. The van der Waals surface area contributed by atoms with Crippen LogP contribution in [-0.4, -0.2) is 31.6 Å². The van der Waals surface area contributed by atoms with E-state index in [-0.39, 0.29) is 19.1 Å². The van der Waals surface area contributed by atoms with E-state index in [0.717, 1.165) is 0 Å². The quantitative estimate of drug-likeness (QED) is 0.607. The predicted molar refractivity (Wildman–Crippen MR) is 66.5 cm³/mol. The Bertz CT molecular complexity index is 476. The Labute approximate surface area is 110 Å². The summed E-state index contributed by atoms with van der Waals surface area (Å²) in [4.78, 5) is 22.6. The highest BCUT2D eigenvalue weighted by molar-refractivity contribution is 5.89. The molecule has 19 heavy (non-hydrogen) atoms. The molecule has 1 N–H and O–H groups in total. The van der Waals surface area contributed by atoms with Crippen molar-refractivity contribution in [1.29, 1.82) is 5.26 Å². The second-order valence-corrected chi connectivity index (χ2v) is 3.47. The number of benzene rings is 1. The van der Waals surface area contributed by atoms with E-state index in [9.17, 15) is 9.59 Å². The molecule has 0 aliphatic rings. The van der Waals surface area contributed by atoms with Crippen LogP contribution in [-0.2, 0) is 9.53 Å². The molecule has 0 aliphatic heterocycles. The van der Waals surface area contributed by atoms with Crippen LogP contribution in [0.15, 0.2) is 24.3 Å². The normalized spacial score (nSPS) is 9.26. The van der Waals surface area contributed by atoms with Crippen molar-refractivity contribution in [3.05, 3.63) is 29.8 Å². The van der Waals surface area contributed by atoms with Crippen molar-refractivity contribution in [3.63, 3.8) is 0 Å². The summed E-state index contributed by atoms with van der Waals surface area (Å²) in [5.41, 5.74) is 0.420. The first-order valence-electron chi connectivity index (χ1n) is 5.71. The molecule has 0 spiro atoms. The fourth-order valence-electron chi connectivity index (χ4n) is 1.24. The van der Waals surface area contributed by atoms with Gasteiger partial charge < -0.3 is 14.8 Å². The van der Waals surface area contributed by atoms with Gasteiger partial charge in [-0.2, -0.15) is 5.26 Å². The van der Waals surface area contributed by atoms with Crippen molar-refractivity contribution in [2.45, 2.75) is 6.92 Å². The standard InChI is InChI=1S/C13H14N2O4/c1-2-18-13(17)10-3-5-11(6-4-10)19-9-12(16)15-8-7-14/h3-6H,2,8-9H2,1H3,(H,15,16). The summed E-state index contributed by atoms with van der Waals surface area (Å²) < 4.78 is 10.0. The van der Waals surface area contributed by atoms with Gasteiger partial charge >= 0.3 is 5.97 Å². The number of esters is 1. The molecule has 0 unspecified atom stereocenters. The molecule has 0 saturated heterocycles. The summed E-state index contributed by atoms with van der Waals surface area (Å²) in [5.74, 6) is -0.322. The van der Waals surface area contributed by atoms with Gasteiger partial charge in [-0.3, -0.25) is 4.79 Å². The molecule has 1 aromatic rings. The number of hydrogen-bond donors (Lipinski definition) is 1. The van der Waals surface area contributed by atoms with Gasteiger partial charge in [0.25, 0.3) is 5.91 Å². The molecule has 1 amide bonds. The lowest BCUT2D eigenvalue weighted by atomic mass is 10.2. The summed E-state index contributed by atoms with van der Waals surface area (Å²) >= 11 is 0. The topological polar surface area (TPSA) is 88.4 Å². The van der Waals surface area contributed by atoms with E-state index in [0.29, 0.717) is 17.9 Å². The van der Waals surface area contributed by atoms with Crippen LogP contribution in [0.3, 0.4) is 0 Å². The average Bonchev–Trinajstić information content (AvgIpc) is 2.43. The Balaban J connectivity index is 2.46. The maximum Gasteiger partial charge on any atom is 0.338 e. The first kappa shape index (κ1) is 14.5. The smallest absolute Gasteiger partial charge is 0.338 e. The lowest BCUT2D eigenvalue weighted by molar-refractivity contribution is -0.122. The van der Waals surface area contributed by atoms with Crippen LogP contribution in [0.2, 0.25) is 0 Å². The molecule has 6 heteroatoms. The predicted octanol–water partition coefficient (Wildman–Crippen LogP) is 0.882. The van der Waals surface area contributed by atoms with Crippen molar-refractivity contribution in [1.82, 2.24) is 5.32 Å². The lowest BCUT2D eigenvalue weighted by Crippen LogP contribution is -2.29. The molecule has 1 aromatic carbocycles. The number of amides is 1. The average molecular weight is 262 g/mol. The highest BCUT2D eigenvalue weighted by Crippen LogP contribution is 2.12. The van der Waals surface area contributed by atoms with Gasteiger partial charge in [0.05, 0.1) is 18.2 Å². The second kappa shape index (κ2) is 7.71. The zero-order valence-electron chi connectivity index (χ0n) is 10.5. The molecule has 0 fully saturated rings. The van der Waals surface area contributed by atoms with Crippen LogP contribution in [0.25, 0.3) is 0 Å². The Morgan fingerprint density at radius 3 is 2.58 bits per heavy atom. The fourth-order valence-corrected chi connectivity index (χ4v) is 1.24. The number of ether oxygens (including phenoxy) is 2. The molecule has 0 atom stereocenters. The number of carbonyl (C=O) groups is 2. The van der Waals surface area contributed by atoms with Gasteiger partial charge in [-0.05, 0) is 31.2 Å². The van der Waals surface area contributed by atoms with Gasteiger partial charge in [0.15, 0.2) is 6.61 Å². The molecule has 0 aliphatic carbocycles. The van der Waals surface area contributed by atoms with E-state index in [1.807, 2.05) is 0 Å². The molecule has 6 nitrogen and oxygen atoms in total. The number of hydrogen-bond acceptors (Lipinski definition) is 5. The van der Waals surface area contributed by atoms with E-state index >= 15 is 0 Å². The van der Waals surface area contributed by atoms with E-state index in [4.69, 9.17) is 14.7 Å². The summed E-state index contributed by atoms with van der Waals surface area (Å²) in [7, 11) is 0. The molecule has 0 saturated carbocycles. The summed E-state index contributed by atoms with van der Waals surface area (Å²) in [6.45, 7) is 1.82. The van der Waals surface area contributed by atoms with Gasteiger partial charge in [-0.15, -0.1) is 0 Å². The van der Waals surface area contributed by atoms with Crippen molar-refractivity contribution in [2.24, 2.45) is 0 Å². The van der Waals surface area contributed by atoms with Gasteiger partial charge in [0.1, 0.15) is 12.3 Å². The highest BCUT2D eigenvalue weighted by Gasteiger charge is 2.06. The highest BCUT2D eigenvalue weighted by atomic mass is 16.5. The minimum atomic E-state index is -0.402. The van der Waals surface area contributed by atoms with Crippen LogP contribution in [0.1, 0.15) is 17.3 Å². The Kier molecular flexibility index (Phi) is 5.89. The third kappa shape index (κ3) is 5.08. The Morgan fingerprint density at radius 1 is 1.32 bits per heavy atom. The fraction of sp³-hybridized carbons (Fsp3) is 0.308. The largest absolute Gasteiger partial charge is 0.484 e. The first-order valence-corrected chi connectivity index (χ1v) is 5.71. The number of nitrogens with zero attached hydrogens (tertiary/aromatic N) is 1. The summed E-state index contributed by atoms with van der Waals surface area (Å²) in [5, 5.41) is 10.6. The van der Waals surface area contributed by atoms with Crippen LogP contribution in [0.4, 0.5) is 0 Å². The number of nitriles is 1. The SMILES string of the molecule is CCOC(=O)c1ccc(OCC(=O)NCC#N)cc1. The molecule has 0 aromatic heterocycles. The second-order valence-electron chi connectivity index (χ2n) is 3.47. The first-order chi connectivity index (χ1) is 9.17. The van der Waals surface area contributed by atoms with E-state index in [1.54, 1.807) is 37.3 Å². The zero-order chi connectivity index (χ0) is 14.1. The molecule has 100 valence electrons. The molecular weight excluding hydrogens is 248 g/mol. The molecule has 1 rings (SSSR count). The maximum atomic E-state index is 11.4. The summed E-state index contributed by atoms with van der Waals surface area (Å²) in [6.07, 6.45) is 0. The number of carbonyl (C=O) groups excluding carboxylic acids is 2. The Morgan fingerprint density at radius 2 is 2.00 bits per heavy atom. The number of rotatable bonds is 6. The van der Waals surface area contributed by atoms with Gasteiger partial charge in [0, 0.05) is 0 Å². The van der Waals surface area contributed by atoms with Gasteiger partial charge in [-0.25, -0.2) is 4.79 Å². The molecule has 0 radical (unpaired) electrons. The van der Waals surface area contributed by atoms with Crippen molar-refractivity contribution < 1.29 is 19.1 Å². The molecular formula is C13H14N2O4. The lowest BCUT2D eigenvalue weighted by Gasteiger charge is -2.06. The van der Waals surface area contributed by atoms with Crippen LogP contribution in [0, 0.1) is 11.3 Å². The van der Waals surface area contributed by atoms with E-state index in [2.05, 4.69) is 5.32 Å². The van der Waals surface area contributed by atoms with Crippen LogP contribution >= 0.6 is 0 Å². The van der Waals surface area contributed by atoms with Gasteiger partial charge in [-0.1, -0.05) is 0 Å². The maximum absolute atomic E-state index is 11.4. The molecule has 0 heterocycles. The van der Waals surface area contributed by atoms with Crippen LogP contribution in [0.5, 0.6) is 5.75 Å². The van der Waals surface area contributed by atoms with Gasteiger partial charge in [0.2, 0.25) is 0 Å². The van der Waals surface area contributed by atoms with E-state index in [1.165, 1.54) is 0 Å². The minimum Gasteiger partial charge on any atom is -0.484 e. The van der Waals surface area contributed by atoms with E-state index < -0.39 is 5.97 Å². The summed E-state index contributed by atoms with van der Waals surface area (Å²) in [6, 6.07) is 8.05. The van der Waals surface area contributed by atoms with Crippen molar-refractivity contribution in [2.75, 3.05) is 19.8 Å². The third-order valence-corrected chi connectivity index (χ3v) is 2.10. The van der Waals surface area contributed by atoms with Crippen molar-refractivity contribution >= 4 is 11.9 Å². The third-order valence-electron chi connectivity index (χ3n) is 2.10. The Hall–Kier alpha value is -2.55. The monoisotopic (exact) mass is 262 g/mol.